The molecular formula is C13H21ClO2. The molecule has 2 nitrogen and oxygen atoms in total. The predicted molar refractivity (Wildman–Crippen MR) is 68.1 cm³/mol. The highest BCUT2D eigenvalue weighted by Gasteiger charge is 2.11. The summed E-state index contributed by atoms with van der Waals surface area (Å²) in [5, 5.41) is 0. The average Bonchev–Trinajstić information content (AvgIpc) is 2.27. The van der Waals surface area contributed by atoms with Crippen molar-refractivity contribution >= 4 is 17.6 Å². The first-order valence-electron chi connectivity index (χ1n) is 5.63. The number of carbonyl (C=O) groups is 1. The summed E-state index contributed by atoms with van der Waals surface area (Å²) >= 11 is 5.79. The van der Waals surface area contributed by atoms with Crippen LogP contribution in [0.5, 0.6) is 0 Å². The average molecular weight is 245 g/mol. The van der Waals surface area contributed by atoms with E-state index in [2.05, 4.69) is 19.9 Å². The standard InChI is InChI=1S/C13H21ClO2/c1-4-5-6-7-8-12(9-14)10-16-13(15)11(2)3/h8,12H,1-2,4-7,9-10H2,3H3. The number of halogens is 1. The van der Waals surface area contributed by atoms with E-state index in [9.17, 15) is 4.79 Å². The molecule has 0 bridgehead atoms. The Hall–Kier alpha value is -0.500. The molecule has 0 rings (SSSR count). The normalized spacial score (nSPS) is 12.2. The Morgan fingerprint density at radius 1 is 1.50 bits per heavy atom. The van der Waals surface area contributed by atoms with Gasteiger partial charge < -0.3 is 4.74 Å². The molecule has 0 aliphatic heterocycles. The molecule has 0 saturated carbocycles. The topological polar surface area (TPSA) is 26.3 Å². The number of hydrogen-bond donors (Lipinski definition) is 0. The summed E-state index contributed by atoms with van der Waals surface area (Å²) in [6, 6.07) is 0. The summed E-state index contributed by atoms with van der Waals surface area (Å²) < 4.78 is 5.05. The maximum absolute atomic E-state index is 11.2. The SMILES string of the molecule is [CH2]CCCC[CH]C(CCl)COC(=O)C(=C)C. The van der Waals surface area contributed by atoms with E-state index in [0.29, 0.717) is 18.1 Å². The van der Waals surface area contributed by atoms with E-state index in [1.165, 1.54) is 0 Å². The minimum atomic E-state index is -0.346. The maximum atomic E-state index is 11.2. The smallest absolute Gasteiger partial charge is 0.333 e. The number of rotatable bonds is 9. The molecule has 0 spiro atoms. The Bertz CT molecular complexity index is 214. The lowest BCUT2D eigenvalue weighted by molar-refractivity contribution is -0.139. The van der Waals surface area contributed by atoms with Crippen LogP contribution in [0, 0.1) is 19.3 Å². The Morgan fingerprint density at radius 2 is 2.19 bits per heavy atom. The van der Waals surface area contributed by atoms with Gasteiger partial charge in [-0.1, -0.05) is 32.8 Å². The van der Waals surface area contributed by atoms with Crippen LogP contribution in [0.4, 0.5) is 0 Å². The fraction of sp³-hybridized carbons (Fsp3) is 0.615. The van der Waals surface area contributed by atoms with Gasteiger partial charge in [0.05, 0.1) is 6.61 Å². The lowest BCUT2D eigenvalue weighted by Gasteiger charge is -2.13. The molecule has 92 valence electrons. The molecule has 1 unspecified atom stereocenters. The number of alkyl halides is 1. The fourth-order valence-corrected chi connectivity index (χ4v) is 1.37. The van der Waals surface area contributed by atoms with Crippen molar-refractivity contribution in [2.75, 3.05) is 12.5 Å². The molecule has 0 aliphatic carbocycles. The molecule has 3 heteroatoms. The third-order valence-corrected chi connectivity index (χ3v) is 2.58. The Morgan fingerprint density at radius 3 is 2.69 bits per heavy atom. The van der Waals surface area contributed by atoms with E-state index in [-0.39, 0.29) is 11.9 Å². The maximum Gasteiger partial charge on any atom is 0.333 e. The summed E-state index contributed by atoms with van der Waals surface area (Å²) in [5.41, 5.74) is 0.422. The molecule has 0 aliphatic rings. The molecule has 0 aromatic rings. The van der Waals surface area contributed by atoms with Crippen LogP contribution in [0.25, 0.3) is 0 Å². The van der Waals surface area contributed by atoms with Gasteiger partial charge in [0, 0.05) is 17.4 Å². The van der Waals surface area contributed by atoms with Crippen molar-refractivity contribution in [3.05, 3.63) is 25.5 Å². The van der Waals surface area contributed by atoms with Gasteiger partial charge in [-0.25, -0.2) is 4.79 Å². The Balaban J connectivity index is 3.66. The third-order valence-electron chi connectivity index (χ3n) is 2.18. The molecule has 1 atom stereocenters. The van der Waals surface area contributed by atoms with Crippen LogP contribution in [-0.2, 0) is 9.53 Å². The highest BCUT2D eigenvalue weighted by atomic mass is 35.5. The zero-order valence-electron chi connectivity index (χ0n) is 10.0. The van der Waals surface area contributed by atoms with Gasteiger partial charge in [-0.2, -0.15) is 0 Å². The number of carbonyl (C=O) groups excluding carboxylic acids is 1. The van der Waals surface area contributed by atoms with Gasteiger partial charge in [0.15, 0.2) is 0 Å². The first-order valence-corrected chi connectivity index (χ1v) is 6.16. The molecule has 0 aromatic carbocycles. The molecule has 0 saturated heterocycles. The van der Waals surface area contributed by atoms with Gasteiger partial charge in [0.25, 0.3) is 0 Å². The highest BCUT2D eigenvalue weighted by molar-refractivity contribution is 6.18. The zero-order chi connectivity index (χ0) is 12.4. The van der Waals surface area contributed by atoms with Gasteiger partial charge in [-0.15, -0.1) is 11.6 Å². The van der Waals surface area contributed by atoms with Crippen LogP contribution in [0.1, 0.15) is 32.6 Å². The van der Waals surface area contributed by atoms with Crippen molar-refractivity contribution in [3.63, 3.8) is 0 Å². The largest absolute Gasteiger partial charge is 0.462 e. The van der Waals surface area contributed by atoms with Crippen LogP contribution in [0.15, 0.2) is 12.2 Å². The van der Waals surface area contributed by atoms with E-state index in [0.717, 1.165) is 25.7 Å². The molecular weight excluding hydrogens is 224 g/mol. The molecule has 0 fully saturated rings. The van der Waals surface area contributed by atoms with Crippen molar-refractivity contribution in [3.8, 4) is 0 Å². The molecule has 0 aromatic heterocycles. The van der Waals surface area contributed by atoms with E-state index in [1.807, 2.05) is 0 Å². The summed E-state index contributed by atoms with van der Waals surface area (Å²) in [5.74, 6) is 0.268. The van der Waals surface area contributed by atoms with Gasteiger partial charge in [-0.05, 0) is 19.8 Å². The van der Waals surface area contributed by atoms with E-state index in [1.54, 1.807) is 6.92 Å². The number of ether oxygens (including phenoxy) is 1. The van der Waals surface area contributed by atoms with Crippen molar-refractivity contribution in [1.29, 1.82) is 0 Å². The van der Waals surface area contributed by atoms with Crippen LogP contribution in [0.3, 0.4) is 0 Å². The summed E-state index contributed by atoms with van der Waals surface area (Å²) in [6.07, 6.45) is 6.32. The van der Waals surface area contributed by atoms with Crippen LogP contribution in [0.2, 0.25) is 0 Å². The fourth-order valence-electron chi connectivity index (χ4n) is 1.16. The molecule has 0 amide bonds. The van der Waals surface area contributed by atoms with Gasteiger partial charge in [-0.3, -0.25) is 0 Å². The van der Waals surface area contributed by atoms with Crippen LogP contribution in [-0.4, -0.2) is 18.5 Å². The Kier molecular flexibility index (Phi) is 9.40. The van der Waals surface area contributed by atoms with E-state index >= 15 is 0 Å². The molecule has 0 heterocycles. The van der Waals surface area contributed by atoms with Crippen molar-refractivity contribution in [2.45, 2.75) is 32.6 Å². The molecule has 0 N–H and O–H groups in total. The van der Waals surface area contributed by atoms with Gasteiger partial charge in [0.2, 0.25) is 0 Å². The van der Waals surface area contributed by atoms with Crippen molar-refractivity contribution < 1.29 is 9.53 Å². The Labute approximate surface area is 104 Å². The lowest BCUT2D eigenvalue weighted by Crippen LogP contribution is -2.16. The van der Waals surface area contributed by atoms with Gasteiger partial charge >= 0.3 is 5.97 Å². The van der Waals surface area contributed by atoms with E-state index in [4.69, 9.17) is 16.3 Å². The number of hydrogen-bond acceptors (Lipinski definition) is 2. The lowest BCUT2D eigenvalue weighted by atomic mass is 10.0. The summed E-state index contributed by atoms with van der Waals surface area (Å²) in [7, 11) is 0. The second-order valence-corrected chi connectivity index (χ2v) is 4.19. The number of esters is 1. The second kappa shape index (κ2) is 9.71. The van der Waals surface area contributed by atoms with Crippen LogP contribution < -0.4 is 0 Å². The van der Waals surface area contributed by atoms with Crippen molar-refractivity contribution in [1.82, 2.24) is 0 Å². The predicted octanol–water partition coefficient (Wildman–Crippen LogP) is 3.56. The van der Waals surface area contributed by atoms with Crippen molar-refractivity contribution in [2.24, 2.45) is 5.92 Å². The number of unbranched alkanes of at least 4 members (excludes halogenated alkanes) is 3. The third kappa shape index (κ3) is 7.75. The zero-order valence-corrected chi connectivity index (χ0v) is 10.8. The first kappa shape index (κ1) is 15.5. The first-order chi connectivity index (χ1) is 7.61. The quantitative estimate of drug-likeness (QED) is 0.268. The van der Waals surface area contributed by atoms with E-state index < -0.39 is 0 Å². The summed E-state index contributed by atoms with van der Waals surface area (Å²) in [6.45, 7) is 9.28. The molecule has 16 heavy (non-hydrogen) atoms. The monoisotopic (exact) mass is 244 g/mol. The summed E-state index contributed by atoms with van der Waals surface area (Å²) in [4.78, 5) is 11.2. The van der Waals surface area contributed by atoms with Gasteiger partial charge in [0.1, 0.15) is 0 Å². The highest BCUT2D eigenvalue weighted by Crippen LogP contribution is 2.12. The second-order valence-electron chi connectivity index (χ2n) is 3.88. The minimum Gasteiger partial charge on any atom is -0.462 e. The molecule has 2 radical (unpaired) electrons. The minimum absolute atomic E-state index is 0.134. The van der Waals surface area contributed by atoms with Crippen LogP contribution >= 0.6 is 11.6 Å².